The zero-order chi connectivity index (χ0) is 19.1. The number of fused-ring (bicyclic) bond motifs is 1. The van der Waals surface area contributed by atoms with Crippen LogP contribution < -0.4 is 5.56 Å². The van der Waals surface area contributed by atoms with Crippen LogP contribution in [-0.2, 0) is 13.2 Å². The minimum Gasteiger partial charge on any atom is -0.293 e. The SMILES string of the molecule is Cc1cc2c(=O)n(C)c(SCC(=O)c3cccc(C(F)(F)F)c3)nc2s1. The lowest BCUT2D eigenvalue weighted by Gasteiger charge is -2.09. The van der Waals surface area contributed by atoms with Crippen LogP contribution in [0.5, 0.6) is 0 Å². The number of carbonyl (C=O) groups excluding carboxylic acids is 1. The Hall–Kier alpha value is -2.13. The number of nitrogens with zero attached hydrogens (tertiary/aromatic N) is 2. The van der Waals surface area contributed by atoms with Gasteiger partial charge in [-0.1, -0.05) is 23.9 Å². The highest BCUT2D eigenvalue weighted by Crippen LogP contribution is 2.30. The van der Waals surface area contributed by atoms with E-state index in [1.165, 1.54) is 28.0 Å². The fourth-order valence-corrected chi connectivity index (χ4v) is 4.17. The van der Waals surface area contributed by atoms with Crippen molar-refractivity contribution in [3.8, 4) is 0 Å². The van der Waals surface area contributed by atoms with Gasteiger partial charge in [-0.3, -0.25) is 14.2 Å². The first-order valence-electron chi connectivity index (χ1n) is 7.47. The number of hydrogen-bond acceptors (Lipinski definition) is 5. The summed E-state index contributed by atoms with van der Waals surface area (Å²) >= 11 is 2.41. The molecular formula is C17H13F3N2O2S2. The lowest BCUT2D eigenvalue weighted by atomic mass is 10.1. The van der Waals surface area contributed by atoms with Gasteiger partial charge in [0.1, 0.15) is 4.83 Å². The molecule has 3 rings (SSSR count). The summed E-state index contributed by atoms with van der Waals surface area (Å²) in [6, 6.07) is 6.06. The number of halogens is 3. The number of rotatable bonds is 4. The van der Waals surface area contributed by atoms with E-state index >= 15 is 0 Å². The fraction of sp³-hybridized carbons (Fsp3) is 0.235. The van der Waals surface area contributed by atoms with Crippen molar-refractivity contribution in [2.75, 3.05) is 5.75 Å². The summed E-state index contributed by atoms with van der Waals surface area (Å²) in [5.74, 6) is -0.574. The van der Waals surface area contributed by atoms with E-state index in [9.17, 15) is 22.8 Å². The first-order valence-corrected chi connectivity index (χ1v) is 9.27. The standard InChI is InChI=1S/C17H13F3N2O2S2/c1-9-6-12-14(26-9)21-16(22(2)15(12)24)25-8-13(23)10-4-3-5-11(7-10)17(18,19)20/h3-7H,8H2,1-2H3. The van der Waals surface area contributed by atoms with E-state index in [0.29, 0.717) is 15.4 Å². The summed E-state index contributed by atoms with van der Waals surface area (Å²) in [5, 5.41) is 0.869. The average molecular weight is 398 g/mol. The van der Waals surface area contributed by atoms with E-state index in [-0.39, 0.29) is 16.9 Å². The number of hydrogen-bond donors (Lipinski definition) is 0. The van der Waals surface area contributed by atoms with Crippen molar-refractivity contribution >= 4 is 39.1 Å². The van der Waals surface area contributed by atoms with Crippen LogP contribution in [-0.4, -0.2) is 21.1 Å². The minimum atomic E-state index is -4.50. The summed E-state index contributed by atoms with van der Waals surface area (Å²) in [7, 11) is 1.55. The van der Waals surface area contributed by atoms with Crippen LogP contribution in [0.2, 0.25) is 0 Å². The van der Waals surface area contributed by atoms with E-state index in [4.69, 9.17) is 0 Å². The fourth-order valence-electron chi connectivity index (χ4n) is 2.38. The number of thiophene rings is 1. The molecule has 2 aromatic heterocycles. The maximum Gasteiger partial charge on any atom is 0.416 e. The highest BCUT2D eigenvalue weighted by atomic mass is 32.2. The van der Waals surface area contributed by atoms with Crippen molar-refractivity contribution in [2.24, 2.45) is 7.05 Å². The zero-order valence-electron chi connectivity index (χ0n) is 13.8. The van der Waals surface area contributed by atoms with Gasteiger partial charge in [-0.15, -0.1) is 11.3 Å². The van der Waals surface area contributed by atoms with E-state index in [0.717, 1.165) is 28.8 Å². The summed E-state index contributed by atoms with van der Waals surface area (Å²) in [6.45, 7) is 1.87. The van der Waals surface area contributed by atoms with Crippen LogP contribution in [0, 0.1) is 6.92 Å². The topological polar surface area (TPSA) is 52.0 Å². The number of thioether (sulfide) groups is 1. The van der Waals surface area contributed by atoms with Crippen LogP contribution in [0.3, 0.4) is 0 Å². The number of aryl methyl sites for hydroxylation is 1. The molecule has 0 spiro atoms. The molecule has 3 aromatic rings. The van der Waals surface area contributed by atoms with Crippen molar-refractivity contribution in [3.63, 3.8) is 0 Å². The van der Waals surface area contributed by atoms with Crippen molar-refractivity contribution in [3.05, 3.63) is 56.7 Å². The molecule has 0 bridgehead atoms. The quantitative estimate of drug-likeness (QED) is 0.374. The second-order valence-corrected chi connectivity index (χ2v) is 7.80. The molecule has 0 saturated heterocycles. The first-order chi connectivity index (χ1) is 12.2. The molecule has 0 atom stereocenters. The molecule has 0 N–H and O–H groups in total. The molecule has 0 radical (unpaired) electrons. The molecule has 0 aliphatic rings. The number of carbonyl (C=O) groups is 1. The minimum absolute atomic E-state index is 0.0228. The van der Waals surface area contributed by atoms with Gasteiger partial charge < -0.3 is 0 Å². The van der Waals surface area contributed by atoms with E-state index in [1.807, 2.05) is 6.92 Å². The van der Waals surface area contributed by atoms with Gasteiger partial charge in [-0.05, 0) is 25.1 Å². The number of aromatic nitrogens is 2. The van der Waals surface area contributed by atoms with Crippen LogP contribution in [0.1, 0.15) is 20.8 Å². The second-order valence-electron chi connectivity index (χ2n) is 5.62. The third-order valence-electron chi connectivity index (χ3n) is 3.70. The maximum absolute atomic E-state index is 12.8. The van der Waals surface area contributed by atoms with Gasteiger partial charge in [0.2, 0.25) is 0 Å². The third kappa shape index (κ3) is 3.68. The molecule has 1 aromatic carbocycles. The Kier molecular flexibility index (Phi) is 4.94. The van der Waals surface area contributed by atoms with Crippen molar-refractivity contribution in [1.29, 1.82) is 0 Å². The van der Waals surface area contributed by atoms with Gasteiger partial charge in [0.15, 0.2) is 10.9 Å². The highest BCUT2D eigenvalue weighted by Gasteiger charge is 2.30. The van der Waals surface area contributed by atoms with E-state index in [1.54, 1.807) is 13.1 Å². The van der Waals surface area contributed by atoms with Gasteiger partial charge in [-0.25, -0.2) is 4.98 Å². The molecule has 0 amide bonds. The number of ketones is 1. The number of alkyl halides is 3. The Morgan fingerprint density at radius 1 is 1.31 bits per heavy atom. The van der Waals surface area contributed by atoms with Gasteiger partial charge in [0.25, 0.3) is 5.56 Å². The van der Waals surface area contributed by atoms with Crippen molar-refractivity contribution < 1.29 is 18.0 Å². The van der Waals surface area contributed by atoms with Gasteiger partial charge in [0.05, 0.1) is 16.7 Å². The van der Waals surface area contributed by atoms with Crippen molar-refractivity contribution in [2.45, 2.75) is 18.3 Å². The van der Waals surface area contributed by atoms with Crippen LogP contribution in [0.15, 0.2) is 40.3 Å². The first kappa shape index (κ1) is 18.7. The summed E-state index contributed by atoms with van der Waals surface area (Å²) in [4.78, 5) is 30.5. The van der Waals surface area contributed by atoms with Crippen LogP contribution in [0.4, 0.5) is 13.2 Å². The van der Waals surface area contributed by atoms with E-state index in [2.05, 4.69) is 4.98 Å². The molecule has 26 heavy (non-hydrogen) atoms. The molecule has 2 heterocycles. The molecule has 9 heteroatoms. The Bertz CT molecular complexity index is 1050. The smallest absolute Gasteiger partial charge is 0.293 e. The normalized spacial score (nSPS) is 11.9. The second kappa shape index (κ2) is 6.88. The highest BCUT2D eigenvalue weighted by molar-refractivity contribution is 7.99. The van der Waals surface area contributed by atoms with E-state index < -0.39 is 17.5 Å². The summed E-state index contributed by atoms with van der Waals surface area (Å²) in [5.41, 5.74) is -1.10. The monoisotopic (exact) mass is 398 g/mol. The third-order valence-corrected chi connectivity index (χ3v) is 5.67. The Balaban J connectivity index is 1.83. The Morgan fingerprint density at radius 3 is 2.73 bits per heavy atom. The maximum atomic E-state index is 12.8. The largest absolute Gasteiger partial charge is 0.416 e. The van der Waals surface area contributed by atoms with Gasteiger partial charge in [-0.2, -0.15) is 13.2 Å². The summed E-state index contributed by atoms with van der Waals surface area (Å²) < 4.78 is 39.6. The van der Waals surface area contributed by atoms with Crippen LogP contribution >= 0.6 is 23.1 Å². The number of Topliss-reactive ketones (excluding diaryl/α,β-unsaturated/α-hetero) is 1. The molecule has 4 nitrogen and oxygen atoms in total. The molecule has 0 aliphatic heterocycles. The molecule has 136 valence electrons. The number of benzene rings is 1. The zero-order valence-corrected chi connectivity index (χ0v) is 15.4. The van der Waals surface area contributed by atoms with Crippen LogP contribution in [0.25, 0.3) is 10.2 Å². The lowest BCUT2D eigenvalue weighted by molar-refractivity contribution is -0.137. The molecule has 0 unspecified atom stereocenters. The average Bonchev–Trinajstić information content (AvgIpc) is 2.96. The molecule has 0 aliphatic carbocycles. The van der Waals surface area contributed by atoms with Crippen molar-refractivity contribution in [1.82, 2.24) is 9.55 Å². The molecule has 0 fully saturated rings. The van der Waals surface area contributed by atoms with Gasteiger partial charge in [0, 0.05) is 17.5 Å². The Labute approximate surface area is 154 Å². The summed E-state index contributed by atoms with van der Waals surface area (Å²) in [6.07, 6.45) is -4.50. The lowest BCUT2D eigenvalue weighted by Crippen LogP contribution is -2.19. The Morgan fingerprint density at radius 2 is 2.04 bits per heavy atom. The molecule has 0 saturated carbocycles. The predicted octanol–water partition coefficient (Wildman–Crippen LogP) is 4.30. The predicted molar refractivity (Wildman–Crippen MR) is 96.1 cm³/mol. The molecular weight excluding hydrogens is 385 g/mol. The van der Waals surface area contributed by atoms with Gasteiger partial charge >= 0.3 is 6.18 Å².